The molecule has 6 nitrogen and oxygen atoms in total. The molecule has 2 aromatic carbocycles. The second kappa shape index (κ2) is 7.55. The maximum atomic E-state index is 13.9. The van der Waals surface area contributed by atoms with Crippen molar-refractivity contribution in [3.8, 4) is 0 Å². The first-order valence-corrected chi connectivity index (χ1v) is 8.67. The van der Waals surface area contributed by atoms with Crippen LogP contribution in [0.4, 0.5) is 14.5 Å². The van der Waals surface area contributed by atoms with Crippen molar-refractivity contribution in [2.24, 2.45) is 11.7 Å². The van der Waals surface area contributed by atoms with Gasteiger partial charge in [0, 0.05) is 19.2 Å². The molecule has 1 heterocycles. The number of amides is 3. The molecule has 146 valence electrons. The molecule has 2 aromatic rings. The molecule has 1 aliphatic rings. The lowest BCUT2D eigenvalue weighted by atomic mass is 9.92. The summed E-state index contributed by atoms with van der Waals surface area (Å²) >= 11 is 5.71. The molecule has 0 spiro atoms. The molecule has 3 rings (SSSR count). The number of hydrogen-bond donors (Lipinski definition) is 2. The molecule has 0 aliphatic carbocycles. The van der Waals surface area contributed by atoms with Crippen LogP contribution in [0, 0.1) is 17.6 Å². The summed E-state index contributed by atoms with van der Waals surface area (Å²) in [5.74, 6) is -4.07. The highest BCUT2D eigenvalue weighted by Gasteiger charge is 2.43. The van der Waals surface area contributed by atoms with Crippen LogP contribution in [-0.4, -0.2) is 29.7 Å². The lowest BCUT2D eigenvalue weighted by Crippen LogP contribution is -2.30. The van der Waals surface area contributed by atoms with Gasteiger partial charge in [0.15, 0.2) is 0 Å². The smallest absolute Gasteiger partial charge is 0.251 e. The highest BCUT2D eigenvalue weighted by molar-refractivity contribution is 6.30. The van der Waals surface area contributed by atoms with E-state index in [4.69, 9.17) is 17.3 Å². The van der Waals surface area contributed by atoms with Crippen LogP contribution in [0.15, 0.2) is 36.4 Å². The summed E-state index contributed by atoms with van der Waals surface area (Å²) in [5.41, 5.74) is 5.32. The van der Waals surface area contributed by atoms with Crippen molar-refractivity contribution in [3.05, 3.63) is 64.2 Å². The summed E-state index contributed by atoms with van der Waals surface area (Å²) in [6.07, 6.45) is -0.0822. The zero-order valence-electron chi connectivity index (χ0n) is 14.7. The molecule has 0 saturated carbocycles. The third-order valence-electron chi connectivity index (χ3n) is 4.71. The van der Waals surface area contributed by atoms with Gasteiger partial charge in [-0.3, -0.25) is 14.4 Å². The minimum atomic E-state index is -0.973. The quantitative estimate of drug-likeness (QED) is 0.816. The van der Waals surface area contributed by atoms with Crippen LogP contribution < -0.4 is 11.1 Å². The fraction of sp³-hybridized carbons (Fsp3) is 0.211. The highest BCUT2D eigenvalue weighted by atomic mass is 35.5. The summed E-state index contributed by atoms with van der Waals surface area (Å²) < 4.78 is 27.5. The summed E-state index contributed by atoms with van der Waals surface area (Å²) in [4.78, 5) is 37.6. The Morgan fingerprint density at radius 1 is 1.18 bits per heavy atom. The van der Waals surface area contributed by atoms with Gasteiger partial charge in [0.2, 0.25) is 11.8 Å². The molecule has 1 saturated heterocycles. The molecule has 1 aliphatic heterocycles. The first kappa shape index (κ1) is 19.8. The largest absolute Gasteiger partial charge is 0.366 e. The van der Waals surface area contributed by atoms with Crippen molar-refractivity contribution in [2.75, 3.05) is 12.4 Å². The topological polar surface area (TPSA) is 92.5 Å². The third kappa shape index (κ3) is 3.68. The number of hydrogen-bond acceptors (Lipinski definition) is 3. The Kier molecular flexibility index (Phi) is 5.33. The van der Waals surface area contributed by atoms with Gasteiger partial charge in [-0.2, -0.15) is 0 Å². The van der Waals surface area contributed by atoms with Gasteiger partial charge < -0.3 is 16.0 Å². The zero-order chi connectivity index (χ0) is 20.6. The Bertz CT molecular complexity index is 983. The maximum Gasteiger partial charge on any atom is 0.251 e. The molecule has 2 unspecified atom stereocenters. The van der Waals surface area contributed by atoms with Crippen LogP contribution in [-0.2, 0) is 9.59 Å². The summed E-state index contributed by atoms with van der Waals surface area (Å²) in [5, 5.41) is 2.49. The van der Waals surface area contributed by atoms with E-state index in [1.54, 1.807) is 6.07 Å². The van der Waals surface area contributed by atoms with Gasteiger partial charge in [0.05, 0.1) is 22.5 Å². The standard InChI is InChI=1S/C19H16ClF2N3O3/c1-25-16(26)8-12(17(25)9-2-4-13(20)15(22)6-9)19(28)24-10-3-5-14(21)11(7-10)18(23)27/h2-7,12,17H,8H2,1H3,(H2,23,27)(H,24,28). The van der Waals surface area contributed by atoms with Crippen LogP contribution >= 0.6 is 11.6 Å². The van der Waals surface area contributed by atoms with E-state index in [-0.39, 0.29) is 28.6 Å². The van der Waals surface area contributed by atoms with E-state index in [2.05, 4.69) is 5.32 Å². The molecule has 1 fully saturated rings. The van der Waals surface area contributed by atoms with Crippen molar-refractivity contribution in [2.45, 2.75) is 12.5 Å². The van der Waals surface area contributed by atoms with Crippen LogP contribution in [0.25, 0.3) is 0 Å². The number of nitrogens with zero attached hydrogens (tertiary/aromatic N) is 1. The SMILES string of the molecule is CN1C(=O)CC(C(=O)Nc2ccc(F)c(C(N)=O)c2)C1c1ccc(Cl)c(F)c1. The number of halogens is 3. The van der Waals surface area contributed by atoms with Gasteiger partial charge in [-0.15, -0.1) is 0 Å². The predicted octanol–water partition coefficient (Wildman–Crippen LogP) is 2.88. The number of nitrogens with one attached hydrogen (secondary N) is 1. The second-order valence-corrected chi connectivity index (χ2v) is 6.89. The lowest BCUT2D eigenvalue weighted by Gasteiger charge is -2.25. The summed E-state index contributed by atoms with van der Waals surface area (Å²) in [6.45, 7) is 0. The Labute approximate surface area is 164 Å². The normalized spacial score (nSPS) is 19.0. The first-order valence-electron chi connectivity index (χ1n) is 8.30. The number of rotatable bonds is 4. The number of carbonyl (C=O) groups is 3. The molecule has 28 heavy (non-hydrogen) atoms. The number of nitrogens with two attached hydrogens (primary N) is 1. The molecular weight excluding hydrogens is 392 g/mol. The van der Waals surface area contributed by atoms with Gasteiger partial charge in [-0.25, -0.2) is 8.78 Å². The van der Waals surface area contributed by atoms with E-state index in [1.165, 1.54) is 30.1 Å². The van der Waals surface area contributed by atoms with Crippen LogP contribution in [0.5, 0.6) is 0 Å². The van der Waals surface area contributed by atoms with Gasteiger partial charge >= 0.3 is 0 Å². The monoisotopic (exact) mass is 407 g/mol. The summed E-state index contributed by atoms with van der Waals surface area (Å²) in [7, 11) is 1.52. The van der Waals surface area contributed by atoms with Crippen LogP contribution in [0.1, 0.15) is 28.4 Å². The molecule has 0 aromatic heterocycles. The van der Waals surface area contributed by atoms with E-state index in [0.717, 1.165) is 12.1 Å². The average Bonchev–Trinajstić information content (AvgIpc) is 2.94. The van der Waals surface area contributed by atoms with Gasteiger partial charge in [-0.1, -0.05) is 17.7 Å². The van der Waals surface area contributed by atoms with Gasteiger partial charge in [-0.05, 0) is 35.9 Å². The molecule has 9 heteroatoms. The minimum Gasteiger partial charge on any atom is -0.366 e. The number of primary amides is 1. The van der Waals surface area contributed by atoms with Crippen molar-refractivity contribution in [1.29, 1.82) is 0 Å². The Balaban J connectivity index is 1.89. The number of carbonyl (C=O) groups excluding carboxylic acids is 3. The van der Waals surface area contributed by atoms with Crippen molar-refractivity contribution >= 4 is 35.0 Å². The fourth-order valence-electron chi connectivity index (χ4n) is 3.28. The maximum absolute atomic E-state index is 13.9. The van der Waals surface area contributed by atoms with Crippen molar-refractivity contribution < 1.29 is 23.2 Å². The Hall–Kier alpha value is -3.00. The lowest BCUT2D eigenvalue weighted by molar-refractivity contribution is -0.128. The molecule has 3 N–H and O–H groups in total. The Morgan fingerprint density at radius 2 is 1.89 bits per heavy atom. The highest BCUT2D eigenvalue weighted by Crippen LogP contribution is 2.38. The number of benzene rings is 2. The molecule has 0 radical (unpaired) electrons. The van der Waals surface area contributed by atoms with E-state index >= 15 is 0 Å². The van der Waals surface area contributed by atoms with Gasteiger partial charge in [0.25, 0.3) is 5.91 Å². The summed E-state index contributed by atoms with van der Waals surface area (Å²) in [6, 6.07) is 6.80. The Morgan fingerprint density at radius 3 is 2.54 bits per heavy atom. The zero-order valence-corrected chi connectivity index (χ0v) is 15.5. The second-order valence-electron chi connectivity index (χ2n) is 6.48. The van der Waals surface area contributed by atoms with E-state index in [0.29, 0.717) is 5.56 Å². The molecule has 3 amide bonds. The van der Waals surface area contributed by atoms with E-state index < -0.39 is 35.4 Å². The number of anilines is 1. The van der Waals surface area contributed by atoms with E-state index in [9.17, 15) is 23.2 Å². The van der Waals surface area contributed by atoms with Crippen LogP contribution in [0.3, 0.4) is 0 Å². The predicted molar refractivity (Wildman–Crippen MR) is 98.6 cm³/mol. The third-order valence-corrected chi connectivity index (χ3v) is 5.01. The van der Waals surface area contributed by atoms with Crippen molar-refractivity contribution in [1.82, 2.24) is 4.90 Å². The van der Waals surface area contributed by atoms with Gasteiger partial charge in [0.1, 0.15) is 11.6 Å². The minimum absolute atomic E-state index is 0.0676. The molecule has 2 atom stereocenters. The average molecular weight is 408 g/mol. The molecular formula is C19H16ClF2N3O3. The van der Waals surface area contributed by atoms with E-state index in [1.807, 2.05) is 0 Å². The van der Waals surface area contributed by atoms with Crippen molar-refractivity contribution in [3.63, 3.8) is 0 Å². The molecule has 0 bridgehead atoms. The first-order chi connectivity index (χ1) is 13.2. The number of likely N-dealkylation sites (tertiary alicyclic amines) is 1. The fourth-order valence-corrected chi connectivity index (χ4v) is 3.40. The van der Waals surface area contributed by atoms with Crippen LogP contribution in [0.2, 0.25) is 5.02 Å².